The van der Waals surface area contributed by atoms with Gasteiger partial charge < -0.3 is 4.74 Å². The Balaban J connectivity index is 1.79. The molecule has 2 aliphatic heterocycles. The van der Waals surface area contributed by atoms with Gasteiger partial charge in [-0.05, 0) is 19.5 Å². The summed E-state index contributed by atoms with van der Waals surface area (Å²) in [5.41, 5.74) is 0. The predicted molar refractivity (Wildman–Crippen MR) is 30.8 cm³/mol. The number of hydrogen-bond donors (Lipinski definition) is 0. The van der Waals surface area contributed by atoms with Gasteiger partial charge >= 0.3 is 0 Å². The van der Waals surface area contributed by atoms with E-state index in [-0.39, 0.29) is 0 Å². The fraction of sp³-hybridized carbons (Fsp3) is 1.00. The maximum Gasteiger partial charge on any atom is 0.0645 e. The fourth-order valence-corrected chi connectivity index (χ4v) is 1.14. The van der Waals surface area contributed by atoms with Crippen molar-refractivity contribution in [2.24, 2.45) is 0 Å². The van der Waals surface area contributed by atoms with Gasteiger partial charge in [-0.1, -0.05) is 0 Å². The first-order valence-corrected chi connectivity index (χ1v) is 3.28. The third-order valence-electron chi connectivity index (χ3n) is 2.03. The van der Waals surface area contributed by atoms with Crippen LogP contribution in [-0.4, -0.2) is 37.2 Å². The van der Waals surface area contributed by atoms with Crippen LogP contribution in [0, 0.1) is 0 Å². The predicted octanol–water partition coefficient (Wildman–Crippen LogP) is 0.0909. The van der Waals surface area contributed by atoms with Crippen LogP contribution in [0.1, 0.15) is 6.42 Å². The van der Waals surface area contributed by atoms with Crippen LogP contribution in [0.25, 0.3) is 0 Å². The molecule has 0 radical (unpaired) electrons. The summed E-state index contributed by atoms with van der Waals surface area (Å²) in [4.78, 5) is 2.49. The Labute approximate surface area is 49.4 Å². The monoisotopic (exact) mass is 113 g/mol. The smallest absolute Gasteiger partial charge is 0.0645 e. The van der Waals surface area contributed by atoms with Crippen LogP contribution in [0.5, 0.6) is 0 Å². The molecular weight excluding hydrogens is 102 g/mol. The molecule has 0 aromatic rings. The van der Waals surface area contributed by atoms with Gasteiger partial charge in [0.15, 0.2) is 0 Å². The first-order chi connectivity index (χ1) is 3.97. The molecule has 0 aromatic heterocycles. The number of likely N-dealkylation sites (tertiary alicyclic amines) is 1. The molecule has 0 atom stereocenters. The Kier molecular flexibility index (Phi) is 1.02. The van der Waals surface area contributed by atoms with E-state index in [1.165, 1.54) is 19.5 Å². The van der Waals surface area contributed by atoms with Crippen LogP contribution in [-0.2, 0) is 4.74 Å². The van der Waals surface area contributed by atoms with Crippen LogP contribution in [0.15, 0.2) is 0 Å². The minimum atomic E-state index is 0.795. The summed E-state index contributed by atoms with van der Waals surface area (Å²) in [5.74, 6) is 0. The van der Waals surface area contributed by atoms with E-state index >= 15 is 0 Å². The summed E-state index contributed by atoms with van der Waals surface area (Å²) < 4.78 is 5.05. The average Bonchev–Trinajstić information content (AvgIpc) is 1.47. The number of ether oxygens (including phenoxy) is 1. The highest BCUT2D eigenvalue weighted by Gasteiger charge is 2.29. The molecule has 8 heavy (non-hydrogen) atoms. The molecule has 0 unspecified atom stereocenters. The molecule has 0 spiro atoms. The molecule has 2 rings (SSSR count). The van der Waals surface area contributed by atoms with E-state index < -0.39 is 0 Å². The van der Waals surface area contributed by atoms with E-state index in [2.05, 4.69) is 4.90 Å². The molecule has 0 saturated carbocycles. The molecule has 46 valence electrons. The van der Waals surface area contributed by atoms with E-state index in [1.807, 2.05) is 0 Å². The largest absolute Gasteiger partial charge is 0.378 e. The second-order valence-corrected chi connectivity index (χ2v) is 2.58. The lowest BCUT2D eigenvalue weighted by molar-refractivity contribution is -0.0843. The molecule has 2 heteroatoms. The van der Waals surface area contributed by atoms with Gasteiger partial charge in [0, 0.05) is 0 Å². The van der Waals surface area contributed by atoms with Gasteiger partial charge in [-0.15, -0.1) is 0 Å². The molecule has 2 heterocycles. The van der Waals surface area contributed by atoms with E-state index in [4.69, 9.17) is 4.74 Å². The zero-order chi connectivity index (χ0) is 5.40. The second-order valence-electron chi connectivity index (χ2n) is 2.58. The maximum atomic E-state index is 5.05. The minimum absolute atomic E-state index is 0.795. The Bertz CT molecular complexity index is 74.5. The van der Waals surface area contributed by atoms with Gasteiger partial charge in [-0.2, -0.15) is 0 Å². The summed E-state index contributed by atoms with van der Waals surface area (Å²) in [5, 5.41) is 0. The lowest BCUT2D eigenvalue weighted by Gasteiger charge is -2.42. The van der Waals surface area contributed by atoms with Crippen molar-refractivity contribution in [3.05, 3.63) is 0 Å². The zero-order valence-corrected chi connectivity index (χ0v) is 4.97. The van der Waals surface area contributed by atoms with Gasteiger partial charge in [0.25, 0.3) is 0 Å². The Morgan fingerprint density at radius 3 is 2.12 bits per heavy atom. The van der Waals surface area contributed by atoms with Gasteiger partial charge in [0.2, 0.25) is 0 Å². The van der Waals surface area contributed by atoms with Crippen molar-refractivity contribution in [3.63, 3.8) is 0 Å². The third-order valence-corrected chi connectivity index (χ3v) is 2.03. The molecule has 0 aromatic carbocycles. The van der Waals surface area contributed by atoms with Crippen molar-refractivity contribution >= 4 is 0 Å². The topological polar surface area (TPSA) is 12.5 Å². The minimum Gasteiger partial charge on any atom is -0.378 e. The van der Waals surface area contributed by atoms with E-state index in [1.54, 1.807) is 0 Å². The Hall–Kier alpha value is -0.0800. The SMILES string of the molecule is C1CN(C2COC2)C1. The number of nitrogens with zero attached hydrogens (tertiary/aromatic N) is 1. The summed E-state index contributed by atoms with van der Waals surface area (Å²) in [6.07, 6.45) is 1.40. The van der Waals surface area contributed by atoms with Crippen LogP contribution in [0.2, 0.25) is 0 Å². The Morgan fingerprint density at radius 1 is 1.25 bits per heavy atom. The fourth-order valence-electron chi connectivity index (χ4n) is 1.14. The van der Waals surface area contributed by atoms with Crippen LogP contribution < -0.4 is 0 Å². The number of rotatable bonds is 1. The van der Waals surface area contributed by atoms with Gasteiger partial charge in [0.1, 0.15) is 0 Å². The van der Waals surface area contributed by atoms with Crippen molar-refractivity contribution in [1.82, 2.24) is 4.90 Å². The molecule has 2 aliphatic rings. The molecule has 0 aliphatic carbocycles. The zero-order valence-electron chi connectivity index (χ0n) is 4.97. The standard InChI is InChI=1S/C6H11NO/c1-2-7(3-1)6-4-8-5-6/h6H,1-5H2. The van der Waals surface area contributed by atoms with Crippen molar-refractivity contribution in [2.75, 3.05) is 26.3 Å². The highest BCUT2D eigenvalue weighted by molar-refractivity contribution is 4.82. The van der Waals surface area contributed by atoms with Crippen molar-refractivity contribution in [2.45, 2.75) is 12.5 Å². The molecule has 2 nitrogen and oxygen atoms in total. The quantitative estimate of drug-likeness (QED) is 0.478. The highest BCUT2D eigenvalue weighted by Crippen LogP contribution is 2.16. The van der Waals surface area contributed by atoms with E-state index in [9.17, 15) is 0 Å². The van der Waals surface area contributed by atoms with E-state index in [0.717, 1.165) is 19.3 Å². The van der Waals surface area contributed by atoms with Gasteiger partial charge in [-0.25, -0.2) is 0 Å². The van der Waals surface area contributed by atoms with Gasteiger partial charge in [0.05, 0.1) is 19.3 Å². The number of hydrogen-bond acceptors (Lipinski definition) is 2. The lowest BCUT2D eigenvalue weighted by atomic mass is 10.1. The summed E-state index contributed by atoms with van der Waals surface area (Å²) in [6, 6.07) is 0.795. The maximum absolute atomic E-state index is 5.05. The van der Waals surface area contributed by atoms with Crippen molar-refractivity contribution in [1.29, 1.82) is 0 Å². The summed E-state index contributed by atoms with van der Waals surface area (Å²) >= 11 is 0. The normalized spacial score (nSPS) is 31.5. The second kappa shape index (κ2) is 1.71. The van der Waals surface area contributed by atoms with E-state index in [0.29, 0.717) is 0 Å². The first-order valence-electron chi connectivity index (χ1n) is 3.28. The molecule has 0 amide bonds. The van der Waals surface area contributed by atoms with Crippen LogP contribution in [0.4, 0.5) is 0 Å². The van der Waals surface area contributed by atoms with Crippen LogP contribution in [0.3, 0.4) is 0 Å². The molecular formula is C6H11NO. The lowest BCUT2D eigenvalue weighted by Crippen LogP contribution is -2.54. The third kappa shape index (κ3) is 0.565. The first kappa shape index (κ1) is 4.77. The van der Waals surface area contributed by atoms with Crippen molar-refractivity contribution < 1.29 is 4.74 Å². The Morgan fingerprint density at radius 2 is 2.00 bits per heavy atom. The highest BCUT2D eigenvalue weighted by atomic mass is 16.5. The summed E-state index contributed by atoms with van der Waals surface area (Å²) in [7, 11) is 0. The molecule has 2 fully saturated rings. The average molecular weight is 113 g/mol. The molecule has 0 N–H and O–H groups in total. The molecule has 2 saturated heterocycles. The summed E-state index contributed by atoms with van der Waals surface area (Å²) in [6.45, 7) is 4.60. The van der Waals surface area contributed by atoms with Crippen molar-refractivity contribution in [3.8, 4) is 0 Å². The van der Waals surface area contributed by atoms with Gasteiger partial charge in [-0.3, -0.25) is 4.90 Å². The van der Waals surface area contributed by atoms with Crippen LogP contribution >= 0.6 is 0 Å². The molecule has 0 bridgehead atoms.